The summed E-state index contributed by atoms with van der Waals surface area (Å²) < 4.78 is 6.48. The van der Waals surface area contributed by atoms with Gasteiger partial charge in [-0.2, -0.15) is 0 Å². The molecule has 5 nitrogen and oxygen atoms in total. The largest absolute Gasteiger partial charge is 0.371 e. The standard InChI is InChI=1S/C23H37N3O2Si/c1-16-6-5-9-26(14-16)15-21(28-10-11-29(2,3)4)20-12-18-19(17-7-8-17)13-24-23(27)22(18)25-20/h12-13,16-17,21,25H,5-11,14-15H2,1-4H3,(H,24,27)/t16-,21?/m0/s1. The lowest BCUT2D eigenvalue weighted by Crippen LogP contribution is -2.38. The van der Waals surface area contributed by atoms with Crippen LogP contribution in [0.4, 0.5) is 0 Å². The lowest BCUT2D eigenvalue weighted by atomic mass is 10.00. The van der Waals surface area contributed by atoms with E-state index in [4.69, 9.17) is 4.74 Å². The van der Waals surface area contributed by atoms with Crippen LogP contribution in [-0.2, 0) is 4.74 Å². The molecule has 160 valence electrons. The molecule has 2 aromatic rings. The van der Waals surface area contributed by atoms with Crippen molar-refractivity contribution in [2.45, 2.75) is 70.3 Å². The molecule has 1 aliphatic heterocycles. The van der Waals surface area contributed by atoms with Crippen LogP contribution < -0.4 is 5.56 Å². The van der Waals surface area contributed by atoms with E-state index < -0.39 is 8.07 Å². The fourth-order valence-corrected chi connectivity index (χ4v) is 5.25. The average molecular weight is 416 g/mol. The van der Waals surface area contributed by atoms with Crippen molar-refractivity contribution in [3.63, 3.8) is 0 Å². The van der Waals surface area contributed by atoms with Crippen molar-refractivity contribution < 1.29 is 4.74 Å². The summed E-state index contributed by atoms with van der Waals surface area (Å²) >= 11 is 0. The van der Waals surface area contributed by atoms with E-state index in [1.807, 2.05) is 6.20 Å². The van der Waals surface area contributed by atoms with Crippen molar-refractivity contribution in [2.24, 2.45) is 5.92 Å². The van der Waals surface area contributed by atoms with Gasteiger partial charge >= 0.3 is 0 Å². The summed E-state index contributed by atoms with van der Waals surface area (Å²) in [5.74, 6) is 1.35. The number of nitrogens with one attached hydrogen (secondary N) is 2. The molecular weight excluding hydrogens is 378 g/mol. The highest BCUT2D eigenvalue weighted by Crippen LogP contribution is 2.42. The second-order valence-electron chi connectivity index (χ2n) is 10.5. The summed E-state index contributed by atoms with van der Waals surface area (Å²) in [7, 11) is -1.15. The maximum atomic E-state index is 12.5. The quantitative estimate of drug-likeness (QED) is 0.605. The minimum atomic E-state index is -1.15. The Kier molecular flexibility index (Phi) is 6.05. The van der Waals surface area contributed by atoms with Crippen LogP contribution in [0.3, 0.4) is 0 Å². The Morgan fingerprint density at radius 1 is 1.28 bits per heavy atom. The lowest BCUT2D eigenvalue weighted by Gasteiger charge is -2.33. The molecule has 2 atom stereocenters. The minimum Gasteiger partial charge on any atom is -0.371 e. The topological polar surface area (TPSA) is 61.1 Å². The predicted octanol–water partition coefficient (Wildman–Crippen LogP) is 4.86. The van der Waals surface area contributed by atoms with Crippen LogP contribution in [0, 0.1) is 5.92 Å². The Labute approximate surface area is 175 Å². The number of aromatic amines is 2. The molecule has 3 heterocycles. The third kappa shape index (κ3) is 5.22. The van der Waals surface area contributed by atoms with Crippen LogP contribution in [0.25, 0.3) is 10.9 Å². The molecule has 0 aromatic carbocycles. The van der Waals surface area contributed by atoms with Gasteiger partial charge in [-0.05, 0) is 61.7 Å². The number of H-pyrrole nitrogens is 2. The smallest absolute Gasteiger partial charge is 0.272 e. The molecule has 1 unspecified atom stereocenters. The van der Waals surface area contributed by atoms with Crippen molar-refractivity contribution in [3.8, 4) is 0 Å². The zero-order chi connectivity index (χ0) is 20.6. The van der Waals surface area contributed by atoms with Gasteiger partial charge in [0.25, 0.3) is 5.56 Å². The third-order valence-electron chi connectivity index (χ3n) is 6.44. The Morgan fingerprint density at radius 2 is 2.07 bits per heavy atom. The van der Waals surface area contributed by atoms with E-state index >= 15 is 0 Å². The minimum absolute atomic E-state index is 0.00416. The van der Waals surface area contributed by atoms with E-state index in [9.17, 15) is 4.79 Å². The number of ether oxygens (including phenoxy) is 1. The monoisotopic (exact) mass is 415 g/mol. The molecule has 4 rings (SSSR count). The summed E-state index contributed by atoms with van der Waals surface area (Å²) in [6.07, 6.45) is 6.96. The van der Waals surface area contributed by atoms with Crippen LogP contribution in [0.5, 0.6) is 0 Å². The van der Waals surface area contributed by atoms with Gasteiger partial charge in [0.1, 0.15) is 11.6 Å². The van der Waals surface area contributed by atoms with Crippen molar-refractivity contribution in [2.75, 3.05) is 26.2 Å². The summed E-state index contributed by atoms with van der Waals surface area (Å²) in [5.41, 5.74) is 3.04. The van der Waals surface area contributed by atoms with Gasteiger partial charge in [0.05, 0.1) is 0 Å². The van der Waals surface area contributed by atoms with E-state index in [2.05, 4.69) is 47.5 Å². The summed E-state index contributed by atoms with van der Waals surface area (Å²) in [6, 6.07) is 3.36. The number of likely N-dealkylation sites (tertiary alicyclic amines) is 1. The maximum absolute atomic E-state index is 12.5. The highest BCUT2D eigenvalue weighted by atomic mass is 28.3. The van der Waals surface area contributed by atoms with Gasteiger partial charge in [-0.3, -0.25) is 4.79 Å². The number of hydrogen-bond donors (Lipinski definition) is 2. The van der Waals surface area contributed by atoms with Gasteiger partial charge in [0, 0.05) is 45.0 Å². The van der Waals surface area contributed by atoms with Crippen LogP contribution in [0.15, 0.2) is 17.1 Å². The van der Waals surface area contributed by atoms with Gasteiger partial charge in [-0.25, -0.2) is 0 Å². The first-order valence-corrected chi connectivity index (χ1v) is 15.1. The molecule has 6 heteroatoms. The highest BCUT2D eigenvalue weighted by Gasteiger charge is 2.28. The molecule has 2 N–H and O–H groups in total. The molecule has 1 saturated heterocycles. The normalized spacial score (nSPS) is 22.3. The van der Waals surface area contributed by atoms with Crippen LogP contribution in [0.1, 0.15) is 55.9 Å². The maximum Gasteiger partial charge on any atom is 0.272 e. The Morgan fingerprint density at radius 3 is 2.76 bits per heavy atom. The zero-order valence-corrected chi connectivity index (χ0v) is 19.5. The summed E-state index contributed by atoms with van der Waals surface area (Å²) in [5, 5.41) is 1.09. The fraction of sp³-hybridized carbons (Fsp3) is 0.696. The van der Waals surface area contributed by atoms with E-state index in [1.54, 1.807) is 0 Å². The van der Waals surface area contributed by atoms with Crippen LogP contribution >= 0.6 is 0 Å². The van der Waals surface area contributed by atoms with Gasteiger partial charge < -0.3 is 19.6 Å². The number of rotatable bonds is 8. The third-order valence-corrected chi connectivity index (χ3v) is 8.14. The van der Waals surface area contributed by atoms with Crippen molar-refractivity contribution >= 4 is 19.0 Å². The summed E-state index contributed by atoms with van der Waals surface area (Å²) in [4.78, 5) is 21.4. The molecule has 0 spiro atoms. The van der Waals surface area contributed by atoms with Crippen molar-refractivity contribution in [1.29, 1.82) is 0 Å². The molecule has 1 saturated carbocycles. The van der Waals surface area contributed by atoms with Crippen LogP contribution in [0.2, 0.25) is 25.7 Å². The molecule has 0 radical (unpaired) electrons. The molecule has 2 fully saturated rings. The average Bonchev–Trinajstić information content (AvgIpc) is 3.37. The second-order valence-corrected chi connectivity index (χ2v) is 16.2. The number of aromatic nitrogens is 2. The second kappa shape index (κ2) is 8.40. The van der Waals surface area contributed by atoms with E-state index in [-0.39, 0.29) is 11.7 Å². The number of pyridine rings is 1. The van der Waals surface area contributed by atoms with E-state index in [1.165, 1.54) is 31.2 Å². The van der Waals surface area contributed by atoms with Crippen LogP contribution in [-0.4, -0.2) is 49.2 Å². The molecule has 0 bridgehead atoms. The summed E-state index contributed by atoms with van der Waals surface area (Å²) in [6.45, 7) is 13.5. The van der Waals surface area contributed by atoms with Gasteiger partial charge in [0.15, 0.2) is 0 Å². The van der Waals surface area contributed by atoms with Crippen molar-refractivity contribution in [1.82, 2.24) is 14.9 Å². The number of hydrogen-bond acceptors (Lipinski definition) is 3. The molecule has 0 amide bonds. The molecule has 29 heavy (non-hydrogen) atoms. The van der Waals surface area contributed by atoms with Gasteiger partial charge in [-0.15, -0.1) is 0 Å². The van der Waals surface area contributed by atoms with Crippen molar-refractivity contribution in [3.05, 3.63) is 33.9 Å². The van der Waals surface area contributed by atoms with Gasteiger partial charge in [-0.1, -0.05) is 26.6 Å². The molecule has 2 aliphatic rings. The fourth-order valence-electron chi connectivity index (χ4n) is 4.52. The first kappa shape index (κ1) is 20.9. The van der Waals surface area contributed by atoms with E-state index in [0.717, 1.165) is 54.8 Å². The number of nitrogens with zero attached hydrogens (tertiary/aromatic N) is 1. The molecule has 1 aliphatic carbocycles. The molecule has 2 aromatic heterocycles. The van der Waals surface area contributed by atoms with E-state index in [0.29, 0.717) is 5.92 Å². The number of fused-ring (bicyclic) bond motifs is 1. The molecular formula is C23H37N3O2Si. The first-order chi connectivity index (χ1) is 13.8. The first-order valence-electron chi connectivity index (χ1n) is 11.4. The van der Waals surface area contributed by atoms with Gasteiger partial charge in [0.2, 0.25) is 0 Å². The SMILES string of the molecule is C[C@H]1CCCN(CC(OCC[Si](C)(C)C)c2cc3c(C4CC4)c[nH]c(=O)c3[nH]2)C1. The Hall–Kier alpha value is -1.37. The predicted molar refractivity (Wildman–Crippen MR) is 123 cm³/mol. The Bertz CT molecular complexity index is 894. The Balaban J connectivity index is 1.59. The number of piperidine rings is 1. The highest BCUT2D eigenvalue weighted by molar-refractivity contribution is 6.76. The zero-order valence-electron chi connectivity index (χ0n) is 18.5. The lowest BCUT2D eigenvalue weighted by molar-refractivity contribution is 0.0201.